The lowest BCUT2D eigenvalue weighted by Gasteiger charge is -2.18. The molecule has 0 fully saturated rings. The van der Waals surface area contributed by atoms with Crippen molar-refractivity contribution in [3.8, 4) is 0 Å². The minimum Gasteiger partial charge on any atom is -0.462 e. The van der Waals surface area contributed by atoms with E-state index in [2.05, 4.69) is 32.9 Å². The zero-order chi connectivity index (χ0) is 48.6. The second-order valence-corrected chi connectivity index (χ2v) is 20.6. The van der Waals surface area contributed by atoms with Crippen molar-refractivity contribution in [3.63, 3.8) is 0 Å². The van der Waals surface area contributed by atoms with E-state index in [0.717, 1.165) is 64.2 Å². The first kappa shape index (κ1) is 65.1. The van der Waals surface area contributed by atoms with Crippen LogP contribution < -0.4 is 0 Å². The summed E-state index contributed by atoms with van der Waals surface area (Å²) < 4.78 is 16.8. The maximum Gasteiger partial charge on any atom is 0.306 e. The summed E-state index contributed by atoms with van der Waals surface area (Å²) in [5.74, 6) is -0.856. The Morgan fingerprint density at radius 3 is 0.746 bits per heavy atom. The summed E-state index contributed by atoms with van der Waals surface area (Å²) in [5, 5.41) is 0. The van der Waals surface area contributed by atoms with Gasteiger partial charge in [-0.1, -0.05) is 290 Å². The molecule has 0 aliphatic rings. The Morgan fingerprint density at radius 1 is 0.284 bits per heavy atom. The van der Waals surface area contributed by atoms with Crippen molar-refractivity contribution < 1.29 is 28.6 Å². The summed E-state index contributed by atoms with van der Waals surface area (Å²) >= 11 is 0. The molecule has 1 unspecified atom stereocenters. The van der Waals surface area contributed by atoms with Crippen molar-refractivity contribution >= 4 is 17.9 Å². The van der Waals surface area contributed by atoms with Crippen LogP contribution in [0.2, 0.25) is 0 Å². The molecule has 0 N–H and O–H groups in total. The van der Waals surface area contributed by atoms with Crippen molar-refractivity contribution in [3.05, 3.63) is 12.2 Å². The molecule has 0 amide bonds. The highest BCUT2D eigenvalue weighted by Gasteiger charge is 2.19. The van der Waals surface area contributed by atoms with Gasteiger partial charge in [0.15, 0.2) is 6.10 Å². The molecule has 0 radical (unpaired) electrons. The largest absolute Gasteiger partial charge is 0.462 e. The van der Waals surface area contributed by atoms with Gasteiger partial charge in [-0.15, -0.1) is 0 Å². The average Bonchev–Trinajstić information content (AvgIpc) is 3.33. The van der Waals surface area contributed by atoms with E-state index in [9.17, 15) is 14.4 Å². The average molecular weight is 946 g/mol. The molecule has 0 aromatic heterocycles. The Hall–Kier alpha value is -1.85. The Balaban J connectivity index is 4.12. The van der Waals surface area contributed by atoms with E-state index in [4.69, 9.17) is 14.2 Å². The summed E-state index contributed by atoms with van der Waals surface area (Å²) in [6.07, 6.45) is 65.2. The lowest BCUT2D eigenvalue weighted by Crippen LogP contribution is -2.30. The molecule has 0 saturated carbocycles. The Bertz CT molecular complexity index is 1040. The fraction of sp³-hybridized carbons (Fsp3) is 0.918. The van der Waals surface area contributed by atoms with Gasteiger partial charge in [0.25, 0.3) is 0 Å². The summed E-state index contributed by atoms with van der Waals surface area (Å²) in [6.45, 7) is 6.66. The van der Waals surface area contributed by atoms with Crippen LogP contribution >= 0.6 is 0 Å². The van der Waals surface area contributed by atoms with Crippen molar-refractivity contribution in [1.82, 2.24) is 0 Å². The van der Waals surface area contributed by atoms with E-state index in [1.807, 2.05) is 0 Å². The van der Waals surface area contributed by atoms with E-state index in [1.54, 1.807) is 0 Å². The number of carbonyl (C=O) groups excluding carboxylic acids is 3. The minimum atomic E-state index is -0.768. The van der Waals surface area contributed by atoms with Crippen LogP contribution in [0.3, 0.4) is 0 Å². The second-order valence-electron chi connectivity index (χ2n) is 20.6. The van der Waals surface area contributed by atoms with Crippen LogP contribution in [0.25, 0.3) is 0 Å². The number of rotatable bonds is 56. The number of unbranched alkanes of at least 4 members (excludes halogenated alkanes) is 43. The van der Waals surface area contributed by atoms with Gasteiger partial charge in [-0.05, 0) is 44.9 Å². The molecule has 0 bridgehead atoms. The number of carbonyl (C=O) groups is 3. The Kier molecular flexibility index (Phi) is 55.2. The monoisotopic (exact) mass is 945 g/mol. The van der Waals surface area contributed by atoms with Crippen molar-refractivity contribution in [2.24, 2.45) is 0 Å². The number of hydrogen-bond donors (Lipinski definition) is 0. The molecule has 0 saturated heterocycles. The zero-order valence-corrected chi connectivity index (χ0v) is 45.5. The highest BCUT2D eigenvalue weighted by molar-refractivity contribution is 5.71. The van der Waals surface area contributed by atoms with Crippen LogP contribution in [0.1, 0.15) is 342 Å². The predicted octanol–water partition coefficient (Wildman–Crippen LogP) is 20.1. The molecule has 0 spiro atoms. The summed E-state index contributed by atoms with van der Waals surface area (Å²) in [4.78, 5) is 38.0. The lowest BCUT2D eigenvalue weighted by atomic mass is 10.0. The van der Waals surface area contributed by atoms with Crippen LogP contribution in [0, 0.1) is 0 Å². The topological polar surface area (TPSA) is 78.9 Å². The first-order valence-corrected chi connectivity index (χ1v) is 30.2. The zero-order valence-electron chi connectivity index (χ0n) is 45.5. The fourth-order valence-electron chi connectivity index (χ4n) is 9.21. The van der Waals surface area contributed by atoms with Gasteiger partial charge in [0.1, 0.15) is 13.2 Å². The van der Waals surface area contributed by atoms with Crippen LogP contribution in [0.15, 0.2) is 12.2 Å². The van der Waals surface area contributed by atoms with Gasteiger partial charge < -0.3 is 14.2 Å². The van der Waals surface area contributed by atoms with E-state index >= 15 is 0 Å². The first-order valence-electron chi connectivity index (χ1n) is 30.2. The van der Waals surface area contributed by atoms with Gasteiger partial charge in [-0.25, -0.2) is 0 Å². The molecule has 6 nitrogen and oxygen atoms in total. The van der Waals surface area contributed by atoms with Gasteiger partial charge in [0.2, 0.25) is 0 Å². The standard InChI is InChI=1S/C61H116O6/c1-4-7-10-13-16-19-21-23-25-26-27-28-29-30-31-32-33-34-36-37-39-42-45-48-51-54-60(63)66-57-58(56-65-59(62)53-50-47-44-41-18-15-12-9-6-3)67-61(64)55-52-49-46-43-40-38-35-24-22-20-17-14-11-8-5-2/h24,35,58H,4-23,25-34,36-57H2,1-3H3/b35-24-. The molecule has 0 aliphatic heterocycles. The van der Waals surface area contributed by atoms with Gasteiger partial charge in [-0.3, -0.25) is 14.4 Å². The normalized spacial score (nSPS) is 12.0. The van der Waals surface area contributed by atoms with Gasteiger partial charge >= 0.3 is 17.9 Å². The van der Waals surface area contributed by atoms with Crippen molar-refractivity contribution in [2.75, 3.05) is 13.2 Å². The third-order valence-electron chi connectivity index (χ3n) is 13.8. The lowest BCUT2D eigenvalue weighted by molar-refractivity contribution is -0.167. The molecule has 396 valence electrons. The third-order valence-corrected chi connectivity index (χ3v) is 13.8. The van der Waals surface area contributed by atoms with Gasteiger partial charge in [-0.2, -0.15) is 0 Å². The third kappa shape index (κ3) is 55.0. The SMILES string of the molecule is CCCCCCCC/C=C\CCCCCCCC(=O)OC(COC(=O)CCCCCCCCCCC)COC(=O)CCCCCCCCCCCCCCCCCCCCCCCCCCC. The summed E-state index contributed by atoms with van der Waals surface area (Å²) in [7, 11) is 0. The Morgan fingerprint density at radius 2 is 0.493 bits per heavy atom. The molecule has 67 heavy (non-hydrogen) atoms. The molecule has 0 rings (SSSR count). The summed E-state index contributed by atoms with van der Waals surface area (Å²) in [6, 6.07) is 0. The first-order chi connectivity index (χ1) is 33.0. The second kappa shape index (κ2) is 56.7. The molecule has 6 heteroatoms. The van der Waals surface area contributed by atoms with E-state index in [-0.39, 0.29) is 31.1 Å². The van der Waals surface area contributed by atoms with Crippen LogP contribution in [-0.2, 0) is 28.6 Å². The van der Waals surface area contributed by atoms with Crippen LogP contribution in [0.5, 0.6) is 0 Å². The smallest absolute Gasteiger partial charge is 0.306 e. The van der Waals surface area contributed by atoms with Crippen molar-refractivity contribution in [1.29, 1.82) is 0 Å². The summed E-state index contributed by atoms with van der Waals surface area (Å²) in [5.41, 5.74) is 0. The number of ether oxygens (including phenoxy) is 3. The maximum absolute atomic E-state index is 12.8. The van der Waals surface area contributed by atoms with Crippen LogP contribution in [-0.4, -0.2) is 37.2 Å². The molecule has 1 atom stereocenters. The number of esters is 3. The molecule has 0 heterocycles. The minimum absolute atomic E-state index is 0.0678. The van der Waals surface area contributed by atoms with Gasteiger partial charge in [0.05, 0.1) is 0 Å². The maximum atomic E-state index is 12.8. The molecule has 0 aromatic carbocycles. The quantitative estimate of drug-likeness (QED) is 0.0262. The van der Waals surface area contributed by atoms with E-state index < -0.39 is 6.10 Å². The van der Waals surface area contributed by atoms with E-state index in [1.165, 1.54) is 238 Å². The van der Waals surface area contributed by atoms with Gasteiger partial charge in [0, 0.05) is 19.3 Å². The Labute approximate surface area is 418 Å². The highest BCUT2D eigenvalue weighted by Crippen LogP contribution is 2.18. The molecule has 0 aromatic rings. The predicted molar refractivity (Wildman–Crippen MR) is 289 cm³/mol. The highest BCUT2D eigenvalue weighted by atomic mass is 16.6. The molecule has 0 aliphatic carbocycles. The molecular formula is C61H116O6. The van der Waals surface area contributed by atoms with E-state index in [0.29, 0.717) is 19.3 Å². The number of hydrogen-bond acceptors (Lipinski definition) is 6. The van der Waals surface area contributed by atoms with Crippen molar-refractivity contribution in [2.45, 2.75) is 348 Å². The molecular weight excluding hydrogens is 829 g/mol. The number of allylic oxidation sites excluding steroid dienone is 2. The van der Waals surface area contributed by atoms with Crippen LogP contribution in [0.4, 0.5) is 0 Å². The fourth-order valence-corrected chi connectivity index (χ4v) is 9.21.